The molecule has 0 bridgehead atoms. The van der Waals surface area contributed by atoms with Crippen molar-refractivity contribution in [1.29, 1.82) is 0 Å². The molecule has 170 valence electrons. The summed E-state index contributed by atoms with van der Waals surface area (Å²) < 4.78 is 34.5. The molecule has 0 aliphatic heterocycles. The molecule has 3 nitrogen and oxygen atoms in total. The Morgan fingerprint density at radius 3 is 1.84 bits per heavy atom. The van der Waals surface area contributed by atoms with Gasteiger partial charge in [-0.3, -0.25) is 4.55 Å². The maximum absolute atomic E-state index is 12.2. The lowest BCUT2D eigenvalue weighted by Gasteiger charge is -2.33. The van der Waals surface area contributed by atoms with Gasteiger partial charge in [-0.25, -0.2) is 0 Å². The molecule has 2 aromatic carbocycles. The van der Waals surface area contributed by atoms with Gasteiger partial charge in [-0.15, -0.1) is 0 Å². The lowest BCUT2D eigenvalue weighted by atomic mass is 9.72. The largest absolute Gasteiger partial charge is 0.294 e. The highest BCUT2D eigenvalue weighted by molar-refractivity contribution is 7.85. The maximum atomic E-state index is 12.2. The molecule has 0 saturated heterocycles. The maximum Gasteiger partial charge on any atom is 0.294 e. The summed E-state index contributed by atoms with van der Waals surface area (Å²) in [6, 6.07) is 12.3. The summed E-state index contributed by atoms with van der Waals surface area (Å²) in [5, 5.41) is 0. The molecule has 31 heavy (non-hydrogen) atoms. The molecule has 0 heterocycles. The molecule has 0 amide bonds. The monoisotopic (exact) mass is 442 g/mol. The Morgan fingerprint density at radius 1 is 0.871 bits per heavy atom. The average Bonchev–Trinajstić information content (AvgIpc) is 3.08. The van der Waals surface area contributed by atoms with Crippen LogP contribution in [0.4, 0.5) is 0 Å². The van der Waals surface area contributed by atoms with Gasteiger partial charge in [-0.2, -0.15) is 8.42 Å². The topological polar surface area (TPSA) is 54.4 Å². The number of rotatable bonds is 4. The van der Waals surface area contributed by atoms with E-state index >= 15 is 0 Å². The van der Waals surface area contributed by atoms with Crippen molar-refractivity contribution in [3.05, 3.63) is 64.2 Å². The molecular weight excluding hydrogens is 404 g/mol. The van der Waals surface area contributed by atoms with Gasteiger partial charge in [-0.1, -0.05) is 90.3 Å². The van der Waals surface area contributed by atoms with Crippen LogP contribution in [0.1, 0.15) is 95.0 Å². The van der Waals surface area contributed by atoms with Gasteiger partial charge in [0, 0.05) is 5.41 Å². The van der Waals surface area contributed by atoms with Crippen molar-refractivity contribution < 1.29 is 13.0 Å². The summed E-state index contributed by atoms with van der Waals surface area (Å²) >= 11 is 0. The molecule has 0 spiro atoms. The number of benzene rings is 2. The van der Waals surface area contributed by atoms with E-state index in [0.717, 1.165) is 43.2 Å². The van der Waals surface area contributed by atoms with Crippen molar-refractivity contribution in [2.75, 3.05) is 0 Å². The summed E-state index contributed by atoms with van der Waals surface area (Å²) in [5.41, 5.74) is 5.46. The molecule has 2 aromatic rings. The van der Waals surface area contributed by atoms with E-state index in [1.165, 1.54) is 16.7 Å². The van der Waals surface area contributed by atoms with Crippen molar-refractivity contribution in [3.63, 3.8) is 0 Å². The minimum absolute atomic E-state index is 0.0295. The molecule has 0 aromatic heterocycles. The van der Waals surface area contributed by atoms with Crippen LogP contribution in [0.25, 0.3) is 0 Å². The van der Waals surface area contributed by atoms with Gasteiger partial charge in [-0.05, 0) is 65.3 Å². The molecule has 0 atom stereocenters. The van der Waals surface area contributed by atoms with Crippen LogP contribution in [-0.2, 0) is 32.8 Å². The first-order chi connectivity index (χ1) is 14.1. The molecule has 1 N–H and O–H groups in total. The summed E-state index contributed by atoms with van der Waals surface area (Å²) in [7, 11) is -4.28. The number of hydrogen-bond donors (Lipinski definition) is 1. The highest BCUT2D eigenvalue weighted by Gasteiger charge is 2.39. The lowest BCUT2D eigenvalue weighted by Crippen LogP contribution is -2.28. The molecule has 1 aliphatic rings. The summed E-state index contributed by atoms with van der Waals surface area (Å²) in [6.45, 7) is 15.4. The normalized spacial score (nSPS) is 17.2. The van der Waals surface area contributed by atoms with E-state index in [1.54, 1.807) is 12.1 Å². The second kappa shape index (κ2) is 8.04. The fraction of sp³-hybridized carbons (Fsp3) is 0.556. The Morgan fingerprint density at radius 2 is 1.39 bits per heavy atom. The first-order valence-electron chi connectivity index (χ1n) is 11.4. The molecule has 4 heteroatoms. The fourth-order valence-corrected chi connectivity index (χ4v) is 5.72. The van der Waals surface area contributed by atoms with Crippen LogP contribution in [0.2, 0.25) is 0 Å². The van der Waals surface area contributed by atoms with Crippen LogP contribution in [0.5, 0.6) is 0 Å². The van der Waals surface area contributed by atoms with Crippen LogP contribution in [0.3, 0.4) is 0 Å². The van der Waals surface area contributed by atoms with Crippen molar-refractivity contribution in [2.24, 2.45) is 0 Å². The Hall–Kier alpha value is -1.65. The zero-order chi connectivity index (χ0) is 23.2. The highest BCUT2D eigenvalue weighted by atomic mass is 32.2. The number of hydrogen-bond acceptors (Lipinski definition) is 2. The van der Waals surface area contributed by atoms with Gasteiger partial charge >= 0.3 is 0 Å². The minimum atomic E-state index is -4.28. The number of aryl methyl sites for hydroxylation is 1. The zero-order valence-corrected chi connectivity index (χ0v) is 21.0. The third-order valence-electron chi connectivity index (χ3n) is 6.81. The Kier molecular flexibility index (Phi) is 6.23. The van der Waals surface area contributed by atoms with Crippen LogP contribution in [0, 0.1) is 6.92 Å². The molecule has 1 fully saturated rings. The van der Waals surface area contributed by atoms with E-state index in [0.29, 0.717) is 0 Å². The van der Waals surface area contributed by atoms with Gasteiger partial charge in [0.1, 0.15) is 0 Å². The van der Waals surface area contributed by atoms with Crippen LogP contribution < -0.4 is 0 Å². The van der Waals surface area contributed by atoms with Crippen molar-refractivity contribution in [2.45, 2.75) is 102 Å². The third-order valence-corrected chi connectivity index (χ3v) is 7.72. The fourth-order valence-electron chi connectivity index (χ4n) is 4.93. The summed E-state index contributed by atoms with van der Waals surface area (Å²) in [6.07, 6.45) is 4.80. The van der Waals surface area contributed by atoms with Crippen LogP contribution in [0.15, 0.2) is 41.3 Å². The standard InChI is InChI=1S/C27H38O3S/c1-19-10-11-24(31(28,29)30)23(14-19)27(12-8-9-13-27)18-20-15-21(25(2,3)4)17-22(16-20)26(5,6)7/h10-11,14-17H,8-9,12-13,18H2,1-7H3,(H,28,29,30). The van der Waals surface area contributed by atoms with Crippen molar-refractivity contribution in [3.8, 4) is 0 Å². The summed E-state index contributed by atoms with van der Waals surface area (Å²) in [4.78, 5) is 0.0722. The molecule has 1 saturated carbocycles. The quantitative estimate of drug-likeness (QED) is 0.524. The Labute approximate surface area is 189 Å². The second-order valence-electron chi connectivity index (χ2n) is 11.6. The lowest BCUT2D eigenvalue weighted by molar-refractivity contribution is 0.420. The van der Waals surface area contributed by atoms with E-state index in [1.807, 2.05) is 13.0 Å². The van der Waals surface area contributed by atoms with Crippen molar-refractivity contribution >= 4 is 10.1 Å². The third kappa shape index (κ3) is 5.23. The first-order valence-corrected chi connectivity index (χ1v) is 12.8. The Balaban J connectivity index is 2.19. The van der Waals surface area contributed by atoms with Crippen LogP contribution in [-0.4, -0.2) is 13.0 Å². The van der Waals surface area contributed by atoms with Crippen molar-refractivity contribution in [1.82, 2.24) is 0 Å². The van der Waals surface area contributed by atoms with E-state index < -0.39 is 10.1 Å². The van der Waals surface area contributed by atoms with Gasteiger partial charge in [0.15, 0.2) is 0 Å². The Bertz CT molecular complexity index is 1030. The summed E-state index contributed by atoms with van der Waals surface area (Å²) in [5.74, 6) is 0. The SMILES string of the molecule is Cc1ccc(S(=O)(=O)O)c(C2(Cc3cc(C(C)(C)C)cc(C(C)(C)C)c3)CCCC2)c1. The molecule has 0 radical (unpaired) electrons. The molecular formula is C27H38O3S. The van der Waals surface area contributed by atoms with Crippen LogP contribution >= 0.6 is 0 Å². The molecule has 3 rings (SSSR count). The predicted octanol–water partition coefficient (Wildman–Crippen LogP) is 6.89. The first kappa shape index (κ1) is 24.0. The van der Waals surface area contributed by atoms with Gasteiger partial charge in [0.2, 0.25) is 0 Å². The predicted molar refractivity (Wildman–Crippen MR) is 129 cm³/mol. The minimum Gasteiger partial charge on any atom is -0.282 e. The van der Waals surface area contributed by atoms with E-state index in [-0.39, 0.29) is 21.1 Å². The zero-order valence-electron chi connectivity index (χ0n) is 20.2. The van der Waals surface area contributed by atoms with E-state index in [9.17, 15) is 13.0 Å². The van der Waals surface area contributed by atoms with Gasteiger partial charge in [0.25, 0.3) is 10.1 Å². The molecule has 0 unspecified atom stereocenters. The van der Waals surface area contributed by atoms with Gasteiger partial charge in [0.05, 0.1) is 4.90 Å². The van der Waals surface area contributed by atoms with E-state index in [4.69, 9.17) is 0 Å². The highest BCUT2D eigenvalue weighted by Crippen LogP contribution is 2.47. The molecule has 1 aliphatic carbocycles. The van der Waals surface area contributed by atoms with E-state index in [2.05, 4.69) is 59.7 Å². The average molecular weight is 443 g/mol. The van der Waals surface area contributed by atoms with Gasteiger partial charge < -0.3 is 0 Å². The smallest absolute Gasteiger partial charge is 0.282 e. The second-order valence-corrected chi connectivity index (χ2v) is 12.9.